The van der Waals surface area contributed by atoms with Gasteiger partial charge in [0.1, 0.15) is 0 Å². The monoisotopic (exact) mass is 250 g/mol. The first kappa shape index (κ1) is 13.6. The minimum Gasteiger partial charge on any atom is -0.481 e. The zero-order valence-corrected chi connectivity index (χ0v) is 10.1. The van der Waals surface area contributed by atoms with E-state index in [-0.39, 0.29) is 11.7 Å². The summed E-state index contributed by atoms with van der Waals surface area (Å²) in [5.41, 5.74) is 0.466. The van der Waals surface area contributed by atoms with Crippen molar-refractivity contribution in [2.45, 2.75) is 13.0 Å². The van der Waals surface area contributed by atoms with Gasteiger partial charge in [-0.3, -0.25) is 10.1 Å². The molecule has 0 aliphatic heterocycles. The van der Waals surface area contributed by atoms with Crippen LogP contribution in [0.2, 0.25) is 0 Å². The Labute approximate surface area is 104 Å². The molecule has 7 nitrogen and oxygen atoms in total. The Kier molecular flexibility index (Phi) is 4.79. The predicted octanol–water partition coefficient (Wildman–Crippen LogP) is 1.51. The van der Waals surface area contributed by atoms with Crippen molar-refractivity contribution in [1.82, 2.24) is 10.3 Å². The highest BCUT2D eigenvalue weighted by molar-refractivity contribution is 5.71. The van der Waals surface area contributed by atoms with Gasteiger partial charge >= 0.3 is 5.70 Å². The van der Waals surface area contributed by atoms with Crippen LogP contribution in [0.5, 0.6) is 5.88 Å². The summed E-state index contributed by atoms with van der Waals surface area (Å²) >= 11 is 0. The smallest absolute Gasteiger partial charge is 0.302 e. The van der Waals surface area contributed by atoms with Crippen LogP contribution in [0.1, 0.15) is 18.5 Å². The third kappa shape index (κ3) is 3.27. The number of nitrogens with zero attached hydrogens (tertiary/aromatic N) is 2. The van der Waals surface area contributed by atoms with Gasteiger partial charge in [0.2, 0.25) is 5.88 Å². The van der Waals surface area contributed by atoms with Crippen LogP contribution in [0.3, 0.4) is 0 Å². The number of nitrogens with one attached hydrogen (secondary N) is 2. The molecule has 0 unspecified atom stereocenters. The van der Waals surface area contributed by atoms with Gasteiger partial charge in [-0.1, -0.05) is 6.07 Å². The lowest BCUT2D eigenvalue weighted by atomic mass is 10.1. The zero-order chi connectivity index (χ0) is 13.5. The third-order valence-corrected chi connectivity index (χ3v) is 2.30. The summed E-state index contributed by atoms with van der Waals surface area (Å²) in [7, 11) is 1.51. The van der Waals surface area contributed by atoms with Gasteiger partial charge in [0, 0.05) is 11.8 Å². The topological polar surface area (TPSA) is 101 Å². The van der Waals surface area contributed by atoms with Crippen LogP contribution in [0.25, 0.3) is 0 Å². The molecule has 96 valence electrons. The van der Waals surface area contributed by atoms with Crippen molar-refractivity contribution in [2.24, 2.45) is 0 Å². The standard InChI is InChI=1S/C11H14N4O3/c1-8(14-7-9(6-12)15(16)17)10-4-3-5-13-11(10)18-2/h3-8,12,14H,1-2H3/b9-7+,12-6?/t8-/m0/s1. The molecule has 1 aromatic rings. The van der Waals surface area contributed by atoms with Gasteiger partial charge in [0.15, 0.2) is 0 Å². The van der Waals surface area contributed by atoms with E-state index in [1.54, 1.807) is 12.3 Å². The molecule has 1 aromatic heterocycles. The minimum absolute atomic E-state index is 0.219. The number of rotatable bonds is 6. The lowest BCUT2D eigenvalue weighted by molar-refractivity contribution is -0.414. The lowest BCUT2D eigenvalue weighted by Gasteiger charge is -2.14. The molecule has 0 spiro atoms. The van der Waals surface area contributed by atoms with Crippen molar-refractivity contribution in [3.8, 4) is 5.88 Å². The molecule has 0 saturated carbocycles. The van der Waals surface area contributed by atoms with Crippen molar-refractivity contribution in [2.75, 3.05) is 7.11 Å². The second kappa shape index (κ2) is 6.33. The van der Waals surface area contributed by atoms with Crippen molar-refractivity contribution in [1.29, 1.82) is 5.41 Å². The number of nitro groups is 1. The van der Waals surface area contributed by atoms with Crippen LogP contribution in [0.4, 0.5) is 0 Å². The molecule has 0 aromatic carbocycles. The average Bonchev–Trinajstić information content (AvgIpc) is 2.38. The molecule has 0 saturated heterocycles. The van der Waals surface area contributed by atoms with Crippen LogP contribution >= 0.6 is 0 Å². The van der Waals surface area contributed by atoms with Crippen LogP contribution in [-0.2, 0) is 0 Å². The van der Waals surface area contributed by atoms with E-state index in [9.17, 15) is 10.1 Å². The van der Waals surface area contributed by atoms with Gasteiger partial charge in [-0.15, -0.1) is 0 Å². The Balaban J connectivity index is 2.85. The predicted molar refractivity (Wildman–Crippen MR) is 66.2 cm³/mol. The molecule has 0 bridgehead atoms. The summed E-state index contributed by atoms with van der Waals surface area (Å²) in [5.74, 6) is 0.461. The molecular formula is C11H14N4O3. The number of hydrogen-bond acceptors (Lipinski definition) is 6. The Bertz CT molecular complexity index is 473. The van der Waals surface area contributed by atoms with E-state index in [0.29, 0.717) is 12.1 Å². The molecule has 0 amide bonds. The number of hydrogen-bond donors (Lipinski definition) is 2. The van der Waals surface area contributed by atoms with E-state index in [2.05, 4.69) is 10.3 Å². The fraction of sp³-hybridized carbons (Fsp3) is 0.273. The molecule has 1 heterocycles. The van der Waals surface area contributed by atoms with Crippen molar-refractivity contribution in [3.05, 3.63) is 45.9 Å². The van der Waals surface area contributed by atoms with Crippen LogP contribution in [0.15, 0.2) is 30.2 Å². The fourth-order valence-corrected chi connectivity index (χ4v) is 1.35. The van der Waals surface area contributed by atoms with Gasteiger partial charge in [-0.05, 0) is 13.0 Å². The SMILES string of the molecule is COc1ncccc1[C@H](C)N/C=C(\C=N)[N+](=O)[O-]. The maximum atomic E-state index is 10.5. The molecule has 0 fully saturated rings. The summed E-state index contributed by atoms with van der Waals surface area (Å²) in [4.78, 5) is 13.9. The molecular weight excluding hydrogens is 236 g/mol. The van der Waals surface area contributed by atoms with E-state index in [1.165, 1.54) is 13.3 Å². The maximum absolute atomic E-state index is 10.5. The molecule has 1 atom stereocenters. The molecule has 18 heavy (non-hydrogen) atoms. The van der Waals surface area contributed by atoms with Gasteiger partial charge in [0.25, 0.3) is 0 Å². The second-order valence-corrected chi connectivity index (χ2v) is 3.46. The molecule has 0 radical (unpaired) electrons. The molecule has 7 heteroatoms. The molecule has 0 aliphatic carbocycles. The van der Waals surface area contributed by atoms with E-state index >= 15 is 0 Å². The highest BCUT2D eigenvalue weighted by Crippen LogP contribution is 2.21. The van der Waals surface area contributed by atoms with Crippen LogP contribution < -0.4 is 10.1 Å². The number of pyridine rings is 1. The van der Waals surface area contributed by atoms with Gasteiger partial charge in [0.05, 0.1) is 30.5 Å². The summed E-state index contributed by atoms with van der Waals surface area (Å²) in [5, 5.41) is 20.2. The fourth-order valence-electron chi connectivity index (χ4n) is 1.35. The van der Waals surface area contributed by atoms with Crippen LogP contribution in [0, 0.1) is 15.5 Å². The van der Waals surface area contributed by atoms with E-state index in [0.717, 1.165) is 5.56 Å². The molecule has 0 aliphatic rings. The number of ether oxygens (including phenoxy) is 1. The Morgan fingerprint density at radius 1 is 1.72 bits per heavy atom. The highest BCUT2D eigenvalue weighted by Gasteiger charge is 2.12. The van der Waals surface area contributed by atoms with Gasteiger partial charge in [-0.25, -0.2) is 4.98 Å². The van der Waals surface area contributed by atoms with Gasteiger partial charge < -0.3 is 15.5 Å². The highest BCUT2D eigenvalue weighted by atomic mass is 16.6. The second-order valence-electron chi connectivity index (χ2n) is 3.46. The average molecular weight is 250 g/mol. The van der Waals surface area contributed by atoms with Crippen molar-refractivity contribution >= 4 is 6.21 Å². The maximum Gasteiger partial charge on any atom is 0.302 e. The third-order valence-electron chi connectivity index (χ3n) is 2.30. The number of aromatic nitrogens is 1. The largest absolute Gasteiger partial charge is 0.481 e. The summed E-state index contributed by atoms with van der Waals surface area (Å²) < 4.78 is 5.10. The first-order valence-corrected chi connectivity index (χ1v) is 5.20. The quantitative estimate of drug-likeness (QED) is 0.452. The summed E-state index contributed by atoms with van der Waals surface area (Å²) in [6, 6.07) is 3.35. The first-order chi connectivity index (χ1) is 8.60. The Hall–Kier alpha value is -2.44. The molecule has 1 rings (SSSR count). The molecule has 2 N–H and O–H groups in total. The zero-order valence-electron chi connectivity index (χ0n) is 10.1. The van der Waals surface area contributed by atoms with Gasteiger partial charge in [-0.2, -0.15) is 0 Å². The normalized spacial score (nSPS) is 12.7. The van der Waals surface area contributed by atoms with E-state index in [4.69, 9.17) is 10.1 Å². The lowest BCUT2D eigenvalue weighted by Crippen LogP contribution is -2.16. The minimum atomic E-state index is -0.632. The van der Waals surface area contributed by atoms with E-state index < -0.39 is 4.92 Å². The Morgan fingerprint density at radius 2 is 2.44 bits per heavy atom. The van der Waals surface area contributed by atoms with E-state index in [1.807, 2.05) is 13.0 Å². The van der Waals surface area contributed by atoms with Crippen molar-refractivity contribution < 1.29 is 9.66 Å². The number of allylic oxidation sites excluding steroid dienone is 1. The van der Waals surface area contributed by atoms with Crippen molar-refractivity contribution in [3.63, 3.8) is 0 Å². The summed E-state index contributed by atoms with van der Waals surface area (Å²) in [6.07, 6.45) is 3.47. The Morgan fingerprint density at radius 3 is 3.00 bits per heavy atom. The van der Waals surface area contributed by atoms with Crippen LogP contribution in [-0.4, -0.2) is 23.2 Å². The summed E-state index contributed by atoms with van der Waals surface area (Å²) in [6.45, 7) is 1.82. The first-order valence-electron chi connectivity index (χ1n) is 5.20. The number of methoxy groups -OCH3 is 1.